The highest BCUT2D eigenvalue weighted by molar-refractivity contribution is 9.10. The third-order valence-corrected chi connectivity index (χ3v) is 6.12. The number of aromatic nitrogens is 1. The molecule has 1 aliphatic heterocycles. The summed E-state index contributed by atoms with van der Waals surface area (Å²) in [6, 6.07) is 9.75. The van der Waals surface area contributed by atoms with Crippen molar-refractivity contribution in [3.63, 3.8) is 0 Å². The molecule has 0 radical (unpaired) electrons. The van der Waals surface area contributed by atoms with Gasteiger partial charge in [-0.3, -0.25) is 0 Å². The van der Waals surface area contributed by atoms with Crippen LogP contribution in [0.3, 0.4) is 0 Å². The lowest BCUT2D eigenvalue weighted by molar-refractivity contribution is 0.174. The molecule has 0 spiro atoms. The van der Waals surface area contributed by atoms with Gasteiger partial charge in [0.25, 0.3) is 0 Å². The number of rotatable bonds is 3. The van der Waals surface area contributed by atoms with Crippen molar-refractivity contribution in [3.05, 3.63) is 50.8 Å². The van der Waals surface area contributed by atoms with Crippen molar-refractivity contribution in [3.8, 4) is 28.5 Å². The van der Waals surface area contributed by atoms with Crippen LogP contribution in [-0.4, -0.2) is 25.1 Å². The minimum Gasteiger partial charge on any atom is -0.496 e. The van der Waals surface area contributed by atoms with Gasteiger partial charge in [0.2, 0.25) is 11.9 Å². The first kappa shape index (κ1) is 15.8. The lowest BCUT2D eigenvalue weighted by Crippen LogP contribution is -1.92. The van der Waals surface area contributed by atoms with E-state index >= 15 is 0 Å². The first-order valence-electron chi connectivity index (χ1n) is 8.02. The topological polar surface area (TPSA) is 52.9 Å². The van der Waals surface area contributed by atoms with E-state index in [2.05, 4.69) is 20.9 Å². The van der Waals surface area contributed by atoms with Gasteiger partial charge in [0.05, 0.1) is 12.8 Å². The summed E-state index contributed by atoms with van der Waals surface area (Å²) in [5.41, 5.74) is 4.22. The van der Waals surface area contributed by atoms with E-state index in [1.54, 1.807) is 24.7 Å². The van der Waals surface area contributed by atoms with Crippen LogP contribution in [0.15, 0.2) is 39.8 Å². The Morgan fingerprint density at radius 1 is 1.23 bits per heavy atom. The number of hydrogen-bond donors (Lipinski definition) is 0. The van der Waals surface area contributed by atoms with Crippen LogP contribution in [0.1, 0.15) is 16.0 Å². The Bertz CT molecular complexity index is 1060. The van der Waals surface area contributed by atoms with Crippen LogP contribution < -0.4 is 14.2 Å². The molecule has 5 rings (SSSR count). The maximum atomic E-state index is 5.53. The molecule has 2 aromatic carbocycles. The normalized spacial score (nSPS) is 13.9. The molecular weight excluding hydrogens is 416 g/mol. The van der Waals surface area contributed by atoms with Crippen molar-refractivity contribution < 1.29 is 14.2 Å². The quantitative estimate of drug-likeness (QED) is 0.432. The van der Waals surface area contributed by atoms with Gasteiger partial charge in [-0.2, -0.15) is 0 Å². The van der Waals surface area contributed by atoms with Gasteiger partial charge in [-0.15, -0.1) is 0 Å². The molecule has 1 aromatic heterocycles. The van der Waals surface area contributed by atoms with Gasteiger partial charge < -0.3 is 14.2 Å². The SMILES string of the molecule is COc1ccc(Br)c2c1-c1nc(N=Cc3ccc4c(c3)OCO4)sc1C2. The van der Waals surface area contributed by atoms with Crippen LogP contribution in [-0.2, 0) is 6.42 Å². The molecule has 0 N–H and O–H groups in total. The second-order valence-electron chi connectivity index (χ2n) is 5.92. The molecule has 7 heteroatoms. The number of nitrogens with zero attached hydrogens (tertiary/aromatic N) is 2. The molecule has 0 saturated carbocycles. The van der Waals surface area contributed by atoms with Gasteiger partial charge in [0.1, 0.15) is 5.75 Å². The fourth-order valence-electron chi connectivity index (χ4n) is 3.20. The minimum atomic E-state index is 0.270. The summed E-state index contributed by atoms with van der Waals surface area (Å²) in [6.07, 6.45) is 2.65. The average Bonchev–Trinajstić information content (AvgIpc) is 3.34. The summed E-state index contributed by atoms with van der Waals surface area (Å²) in [5.74, 6) is 2.36. The Labute approximate surface area is 162 Å². The Balaban J connectivity index is 1.48. The summed E-state index contributed by atoms with van der Waals surface area (Å²) in [6.45, 7) is 0.270. The second kappa shape index (κ2) is 6.10. The van der Waals surface area contributed by atoms with Gasteiger partial charge in [-0.25, -0.2) is 9.98 Å². The fraction of sp³-hybridized carbons (Fsp3) is 0.158. The van der Waals surface area contributed by atoms with Crippen LogP contribution in [0.25, 0.3) is 11.3 Å². The van der Waals surface area contributed by atoms with Crippen LogP contribution >= 0.6 is 27.3 Å². The Morgan fingerprint density at radius 3 is 3.00 bits per heavy atom. The molecule has 26 heavy (non-hydrogen) atoms. The zero-order valence-electron chi connectivity index (χ0n) is 13.8. The molecule has 3 aromatic rings. The van der Waals surface area contributed by atoms with Gasteiger partial charge in [0.15, 0.2) is 11.5 Å². The number of benzene rings is 2. The zero-order valence-corrected chi connectivity index (χ0v) is 16.2. The molecule has 5 nitrogen and oxygen atoms in total. The number of fused-ring (bicyclic) bond motifs is 4. The monoisotopic (exact) mass is 428 g/mol. The first-order valence-corrected chi connectivity index (χ1v) is 9.63. The molecule has 1 aliphatic carbocycles. The van der Waals surface area contributed by atoms with E-state index in [9.17, 15) is 0 Å². The standard InChI is InChI=1S/C19H13BrN2O3S/c1-23-14-5-3-12(20)11-7-16-18(17(11)14)22-19(26-16)21-8-10-2-4-13-15(6-10)25-9-24-13/h2-6,8H,7,9H2,1H3. The summed E-state index contributed by atoms with van der Waals surface area (Å²) >= 11 is 5.24. The van der Waals surface area contributed by atoms with Crippen molar-refractivity contribution in [2.75, 3.05) is 13.9 Å². The van der Waals surface area contributed by atoms with Crippen LogP contribution in [0.5, 0.6) is 17.2 Å². The number of ether oxygens (including phenoxy) is 3. The number of hydrogen-bond acceptors (Lipinski definition) is 6. The largest absolute Gasteiger partial charge is 0.496 e. The molecule has 0 bridgehead atoms. The molecule has 0 fully saturated rings. The number of thiazole rings is 1. The lowest BCUT2D eigenvalue weighted by atomic mass is 10.1. The van der Waals surface area contributed by atoms with Gasteiger partial charge in [0, 0.05) is 27.5 Å². The third kappa shape index (κ3) is 2.50. The molecule has 130 valence electrons. The summed E-state index contributed by atoms with van der Waals surface area (Å²) < 4.78 is 17.3. The lowest BCUT2D eigenvalue weighted by Gasteiger charge is -2.08. The maximum absolute atomic E-state index is 5.53. The first-order chi connectivity index (χ1) is 12.7. The van der Waals surface area contributed by atoms with Crippen molar-refractivity contribution in [2.45, 2.75) is 6.42 Å². The molecule has 0 amide bonds. The Morgan fingerprint density at radius 2 is 2.12 bits per heavy atom. The molecule has 2 aliphatic rings. The molecule has 0 atom stereocenters. The highest BCUT2D eigenvalue weighted by Gasteiger charge is 2.28. The van der Waals surface area contributed by atoms with E-state index in [1.807, 2.05) is 30.3 Å². The second-order valence-corrected chi connectivity index (χ2v) is 7.84. The third-order valence-electron chi connectivity index (χ3n) is 4.42. The van der Waals surface area contributed by atoms with E-state index < -0.39 is 0 Å². The van der Waals surface area contributed by atoms with E-state index in [0.29, 0.717) is 0 Å². The van der Waals surface area contributed by atoms with Gasteiger partial charge >= 0.3 is 0 Å². The Hall–Kier alpha value is -2.38. The number of aliphatic imine (C=N–C) groups is 1. The molecular formula is C19H13BrN2O3S. The predicted molar refractivity (Wildman–Crippen MR) is 104 cm³/mol. The highest BCUT2D eigenvalue weighted by atomic mass is 79.9. The smallest absolute Gasteiger partial charge is 0.231 e. The van der Waals surface area contributed by atoms with Crippen molar-refractivity contribution in [1.82, 2.24) is 4.98 Å². The van der Waals surface area contributed by atoms with E-state index in [1.165, 1.54) is 10.4 Å². The van der Waals surface area contributed by atoms with Crippen molar-refractivity contribution in [2.24, 2.45) is 4.99 Å². The van der Waals surface area contributed by atoms with Crippen LogP contribution in [0.4, 0.5) is 5.13 Å². The summed E-state index contributed by atoms with van der Waals surface area (Å²) in [7, 11) is 1.69. The molecule has 0 saturated heterocycles. The summed E-state index contributed by atoms with van der Waals surface area (Å²) in [5, 5.41) is 0.736. The maximum Gasteiger partial charge on any atom is 0.231 e. The van der Waals surface area contributed by atoms with E-state index in [4.69, 9.17) is 19.2 Å². The predicted octanol–water partition coefficient (Wildman–Crippen LogP) is 4.96. The van der Waals surface area contributed by atoms with Gasteiger partial charge in [-0.05, 0) is 41.5 Å². The fourth-order valence-corrected chi connectivity index (χ4v) is 4.59. The van der Waals surface area contributed by atoms with E-state index in [-0.39, 0.29) is 6.79 Å². The van der Waals surface area contributed by atoms with Crippen LogP contribution in [0, 0.1) is 0 Å². The van der Waals surface area contributed by atoms with Gasteiger partial charge in [-0.1, -0.05) is 27.3 Å². The minimum absolute atomic E-state index is 0.270. The summed E-state index contributed by atoms with van der Waals surface area (Å²) in [4.78, 5) is 10.5. The number of methoxy groups -OCH3 is 1. The average molecular weight is 429 g/mol. The molecule has 2 heterocycles. The molecule has 0 unspecified atom stereocenters. The van der Waals surface area contributed by atoms with Crippen molar-refractivity contribution >= 4 is 38.6 Å². The van der Waals surface area contributed by atoms with E-state index in [0.717, 1.165) is 50.1 Å². The van der Waals surface area contributed by atoms with Crippen LogP contribution in [0.2, 0.25) is 0 Å². The highest BCUT2D eigenvalue weighted by Crippen LogP contribution is 2.48. The van der Waals surface area contributed by atoms with Crippen molar-refractivity contribution in [1.29, 1.82) is 0 Å². The zero-order chi connectivity index (χ0) is 17.7. The Kier molecular flexibility index (Phi) is 3.72. The number of halogens is 1.